The summed E-state index contributed by atoms with van der Waals surface area (Å²) in [5.74, 6) is 0.234. The highest BCUT2D eigenvalue weighted by atomic mass is 19.1. The molecule has 2 aromatic heterocycles. The largest absolute Gasteiger partial charge is 0.364 e. The van der Waals surface area contributed by atoms with Crippen LogP contribution in [-0.2, 0) is 4.79 Å². The number of Topliss-reactive ketones (excluding diaryl/α,β-unsaturated/α-hetero) is 1. The first-order chi connectivity index (χ1) is 17.4. The fourth-order valence-electron chi connectivity index (χ4n) is 5.03. The lowest BCUT2D eigenvalue weighted by Crippen LogP contribution is -2.55. The van der Waals surface area contributed by atoms with Gasteiger partial charge in [0.25, 0.3) is 0 Å². The summed E-state index contributed by atoms with van der Waals surface area (Å²) in [4.78, 5) is 35.4. The van der Waals surface area contributed by atoms with Crippen LogP contribution in [0.2, 0.25) is 0 Å². The van der Waals surface area contributed by atoms with Gasteiger partial charge in [-0.2, -0.15) is 0 Å². The van der Waals surface area contributed by atoms with Crippen LogP contribution in [0.15, 0.2) is 47.3 Å². The first-order valence-electron chi connectivity index (χ1n) is 12.6. The Balaban J connectivity index is 1.44. The van der Waals surface area contributed by atoms with E-state index in [2.05, 4.69) is 20.4 Å². The maximum absolute atomic E-state index is 14.3. The molecule has 1 aliphatic carbocycles. The molecule has 0 aliphatic heterocycles. The van der Waals surface area contributed by atoms with Crippen LogP contribution in [0.4, 0.5) is 4.39 Å². The van der Waals surface area contributed by atoms with Crippen molar-refractivity contribution in [1.82, 2.24) is 25.3 Å². The lowest BCUT2D eigenvalue weighted by molar-refractivity contribution is -0.132. The van der Waals surface area contributed by atoms with Crippen molar-refractivity contribution in [2.24, 2.45) is 0 Å². The summed E-state index contributed by atoms with van der Waals surface area (Å²) in [7, 11) is 3.91. The fraction of sp³-hybridized carbons (Fsp3) is 0.481. The topological polar surface area (TPSA) is 104 Å². The highest BCUT2D eigenvalue weighted by Crippen LogP contribution is 2.35. The lowest BCUT2D eigenvalue weighted by Gasteiger charge is -2.36. The summed E-state index contributed by atoms with van der Waals surface area (Å²) in [6.45, 7) is 0. The molecule has 0 bridgehead atoms. The second-order valence-corrected chi connectivity index (χ2v) is 9.73. The van der Waals surface area contributed by atoms with E-state index in [0.29, 0.717) is 42.0 Å². The van der Waals surface area contributed by atoms with E-state index in [1.54, 1.807) is 30.5 Å². The van der Waals surface area contributed by atoms with Gasteiger partial charge < -0.3 is 14.8 Å². The number of aromatic nitrogens is 3. The first kappa shape index (κ1) is 25.8. The van der Waals surface area contributed by atoms with Gasteiger partial charge in [-0.25, -0.2) is 9.37 Å². The number of benzene rings is 1. The van der Waals surface area contributed by atoms with Gasteiger partial charge in [0.15, 0.2) is 5.78 Å². The van der Waals surface area contributed by atoms with Gasteiger partial charge in [-0.05, 0) is 51.9 Å². The minimum absolute atomic E-state index is 0.0000478. The summed E-state index contributed by atoms with van der Waals surface area (Å²) in [6.07, 6.45) is 10.1. The normalized spacial score (nSPS) is 15.8. The molecule has 1 atom stereocenters. The predicted octanol–water partition coefficient (Wildman–Crippen LogP) is 5.07. The third kappa shape index (κ3) is 5.73. The van der Waals surface area contributed by atoms with Gasteiger partial charge in [-0.3, -0.25) is 14.5 Å². The Morgan fingerprint density at radius 1 is 1.17 bits per heavy atom. The molecular formula is C27H34FN5O3. The lowest BCUT2D eigenvalue weighted by atomic mass is 9.93. The van der Waals surface area contributed by atoms with Gasteiger partial charge in [0.2, 0.25) is 5.91 Å². The van der Waals surface area contributed by atoms with Gasteiger partial charge in [-0.1, -0.05) is 43.0 Å². The molecule has 0 saturated heterocycles. The molecule has 192 valence electrons. The van der Waals surface area contributed by atoms with Gasteiger partial charge in [-0.15, -0.1) is 0 Å². The van der Waals surface area contributed by atoms with E-state index in [4.69, 9.17) is 4.52 Å². The Morgan fingerprint density at radius 3 is 2.64 bits per heavy atom. The van der Waals surface area contributed by atoms with E-state index in [0.717, 1.165) is 38.5 Å². The maximum Gasteiger partial charge on any atom is 0.241 e. The van der Waals surface area contributed by atoms with Crippen molar-refractivity contribution >= 4 is 11.7 Å². The van der Waals surface area contributed by atoms with Crippen LogP contribution in [0.5, 0.6) is 0 Å². The number of ketones is 1. The number of aromatic amines is 1. The highest BCUT2D eigenvalue weighted by molar-refractivity contribution is 5.93. The van der Waals surface area contributed by atoms with Crippen LogP contribution in [0, 0.1) is 5.82 Å². The number of halogens is 1. The summed E-state index contributed by atoms with van der Waals surface area (Å²) in [5, 5.41) is 6.93. The quantitative estimate of drug-likeness (QED) is 0.269. The van der Waals surface area contributed by atoms with E-state index in [-0.39, 0.29) is 23.5 Å². The number of hydrogen-bond donors (Lipinski definition) is 2. The second kappa shape index (κ2) is 11.6. The van der Waals surface area contributed by atoms with E-state index in [1.165, 1.54) is 12.3 Å². The Kier molecular flexibility index (Phi) is 8.30. The van der Waals surface area contributed by atoms with Crippen LogP contribution in [0.25, 0.3) is 11.3 Å². The predicted molar refractivity (Wildman–Crippen MR) is 134 cm³/mol. The molecule has 2 N–H and O–H groups in total. The van der Waals surface area contributed by atoms with E-state index in [1.807, 2.05) is 19.0 Å². The third-order valence-electron chi connectivity index (χ3n) is 7.22. The summed E-state index contributed by atoms with van der Waals surface area (Å²) in [5.41, 5.74) is 0.836. The minimum atomic E-state index is -0.525. The molecule has 1 amide bonds. The number of unbranched alkanes of at least 4 members (excludes halogenated alkanes) is 2. The van der Waals surface area contributed by atoms with Gasteiger partial charge in [0, 0.05) is 18.1 Å². The molecule has 0 radical (unpaired) electrons. The van der Waals surface area contributed by atoms with Gasteiger partial charge in [0.1, 0.15) is 23.6 Å². The zero-order chi connectivity index (χ0) is 25.5. The molecule has 1 aromatic carbocycles. The Labute approximate surface area is 210 Å². The summed E-state index contributed by atoms with van der Waals surface area (Å²) < 4.78 is 19.1. The average Bonchev–Trinajstić information content (AvgIpc) is 3.65. The molecule has 36 heavy (non-hydrogen) atoms. The molecule has 1 fully saturated rings. The Hall–Kier alpha value is -3.33. The average molecular weight is 496 g/mol. The number of nitrogens with zero attached hydrogens (tertiary/aromatic N) is 3. The van der Waals surface area contributed by atoms with Crippen molar-refractivity contribution in [3.63, 3.8) is 0 Å². The number of carbonyl (C=O) groups is 2. The van der Waals surface area contributed by atoms with Crippen molar-refractivity contribution < 1.29 is 18.5 Å². The number of likely N-dealkylation sites (N-methyl/N-ethyl adjacent to an activating group) is 1. The molecule has 1 saturated carbocycles. The van der Waals surface area contributed by atoms with E-state index in [9.17, 15) is 14.0 Å². The Morgan fingerprint density at radius 2 is 1.94 bits per heavy atom. The molecule has 3 aromatic rings. The maximum atomic E-state index is 14.3. The van der Waals surface area contributed by atoms with Crippen LogP contribution in [0.3, 0.4) is 0 Å². The molecular weight excluding hydrogens is 461 g/mol. The van der Waals surface area contributed by atoms with Crippen LogP contribution < -0.4 is 5.32 Å². The minimum Gasteiger partial charge on any atom is -0.364 e. The highest BCUT2D eigenvalue weighted by Gasteiger charge is 2.43. The zero-order valence-corrected chi connectivity index (χ0v) is 20.9. The van der Waals surface area contributed by atoms with Crippen LogP contribution in [-0.4, -0.2) is 51.3 Å². The van der Waals surface area contributed by atoms with Crippen molar-refractivity contribution in [3.8, 4) is 11.3 Å². The Bertz CT molecular complexity index is 1150. The zero-order valence-electron chi connectivity index (χ0n) is 20.9. The molecule has 1 aliphatic rings. The smallest absolute Gasteiger partial charge is 0.241 e. The number of H-pyrrole nitrogens is 1. The number of rotatable bonds is 12. The van der Waals surface area contributed by atoms with Crippen molar-refractivity contribution in [2.45, 2.75) is 69.4 Å². The standard InChI is InChI=1S/C27H34FN5O3/c1-33(2)27(15-8-9-16-27)26(35)31-22(12-4-3-5-13-24(34)21-14-17-36-32-21)25-29-18-23(30-25)19-10-6-7-11-20(19)28/h6-7,10-11,14,17-18,22H,3-5,8-9,12-13,15-16H2,1-2H3,(H,29,30)(H,31,35)/t22-/m0/s1. The number of amides is 1. The molecule has 0 spiro atoms. The van der Waals surface area contributed by atoms with E-state index < -0.39 is 5.54 Å². The van der Waals surface area contributed by atoms with Crippen molar-refractivity contribution in [2.75, 3.05) is 14.1 Å². The van der Waals surface area contributed by atoms with Gasteiger partial charge in [0.05, 0.1) is 23.5 Å². The molecule has 4 rings (SSSR count). The monoisotopic (exact) mass is 495 g/mol. The molecule has 9 heteroatoms. The number of hydrogen-bond acceptors (Lipinski definition) is 6. The molecule has 2 heterocycles. The third-order valence-corrected chi connectivity index (χ3v) is 7.22. The van der Waals surface area contributed by atoms with E-state index >= 15 is 0 Å². The number of nitrogens with one attached hydrogen (secondary N) is 2. The van der Waals surface area contributed by atoms with Crippen molar-refractivity contribution in [1.29, 1.82) is 0 Å². The van der Waals surface area contributed by atoms with Crippen molar-refractivity contribution in [3.05, 3.63) is 60.1 Å². The molecule has 0 unspecified atom stereocenters. The van der Waals surface area contributed by atoms with Crippen LogP contribution in [0.1, 0.15) is 80.1 Å². The molecule has 8 nitrogen and oxygen atoms in total. The van der Waals surface area contributed by atoms with Crippen LogP contribution >= 0.6 is 0 Å². The summed E-state index contributed by atoms with van der Waals surface area (Å²) >= 11 is 0. The second-order valence-electron chi connectivity index (χ2n) is 9.73. The summed E-state index contributed by atoms with van der Waals surface area (Å²) in [6, 6.07) is 7.76. The van der Waals surface area contributed by atoms with Gasteiger partial charge >= 0.3 is 0 Å². The number of imidazole rings is 1. The fourth-order valence-corrected chi connectivity index (χ4v) is 5.03. The first-order valence-corrected chi connectivity index (χ1v) is 12.6. The number of carbonyl (C=O) groups excluding carboxylic acids is 2. The SMILES string of the molecule is CN(C)C1(C(=O)N[C@@H](CCCCCC(=O)c2ccon2)c2ncc(-c3ccccc3F)[nH]2)CCCC1.